The number of amides is 1. The van der Waals surface area contributed by atoms with Gasteiger partial charge in [-0.2, -0.15) is 0 Å². The Morgan fingerprint density at radius 1 is 1.08 bits per heavy atom. The number of rotatable bonds is 5. The second-order valence-corrected chi connectivity index (χ2v) is 6.03. The van der Waals surface area contributed by atoms with Crippen LogP contribution in [0.3, 0.4) is 0 Å². The van der Waals surface area contributed by atoms with Crippen LogP contribution < -0.4 is 14.8 Å². The Hall–Kier alpha value is -3.02. The number of aromatic nitrogens is 2. The highest BCUT2D eigenvalue weighted by Crippen LogP contribution is 2.28. The number of imidazole rings is 1. The molecule has 3 aromatic rings. The van der Waals surface area contributed by atoms with Crippen molar-refractivity contribution in [3.8, 4) is 11.5 Å². The van der Waals surface area contributed by atoms with E-state index in [-0.39, 0.29) is 5.91 Å². The molecule has 0 bridgehead atoms. The van der Waals surface area contributed by atoms with E-state index in [4.69, 9.17) is 9.47 Å². The summed E-state index contributed by atoms with van der Waals surface area (Å²) < 4.78 is 10.4. The fraction of sp³-hybridized carbons (Fsp3) is 0.263. The van der Waals surface area contributed by atoms with Crippen molar-refractivity contribution in [3.63, 3.8) is 0 Å². The largest absolute Gasteiger partial charge is 0.493 e. The first-order valence-electron chi connectivity index (χ1n) is 8.05. The molecule has 0 fully saturated rings. The van der Waals surface area contributed by atoms with Gasteiger partial charge >= 0.3 is 0 Å². The second kappa shape index (κ2) is 6.84. The third-order valence-corrected chi connectivity index (χ3v) is 3.95. The lowest BCUT2D eigenvalue weighted by molar-refractivity contribution is 0.102. The number of fused-ring (bicyclic) bond motifs is 1. The van der Waals surface area contributed by atoms with Crippen LogP contribution in [-0.4, -0.2) is 30.1 Å². The van der Waals surface area contributed by atoms with Gasteiger partial charge in [-0.15, -0.1) is 0 Å². The number of ether oxygens (including phenoxy) is 2. The smallest absolute Gasteiger partial charge is 0.255 e. The summed E-state index contributed by atoms with van der Waals surface area (Å²) in [6.45, 7) is 4.16. The minimum Gasteiger partial charge on any atom is -0.493 e. The van der Waals surface area contributed by atoms with Crippen molar-refractivity contribution in [1.29, 1.82) is 0 Å². The zero-order valence-corrected chi connectivity index (χ0v) is 14.7. The Balaban J connectivity index is 1.84. The Morgan fingerprint density at radius 2 is 1.84 bits per heavy atom. The number of hydrogen-bond acceptors (Lipinski definition) is 4. The molecule has 130 valence electrons. The molecule has 3 rings (SSSR count). The summed E-state index contributed by atoms with van der Waals surface area (Å²) in [5, 5.41) is 2.89. The monoisotopic (exact) mass is 339 g/mol. The van der Waals surface area contributed by atoms with Crippen LogP contribution >= 0.6 is 0 Å². The van der Waals surface area contributed by atoms with Gasteiger partial charge in [-0.05, 0) is 36.4 Å². The lowest BCUT2D eigenvalue weighted by atomic mass is 10.1. The van der Waals surface area contributed by atoms with Crippen LogP contribution in [0.25, 0.3) is 11.0 Å². The molecule has 0 atom stereocenters. The van der Waals surface area contributed by atoms with Gasteiger partial charge in [0, 0.05) is 17.2 Å². The van der Waals surface area contributed by atoms with E-state index in [2.05, 4.69) is 29.1 Å². The quantitative estimate of drug-likeness (QED) is 0.738. The molecule has 0 aliphatic carbocycles. The van der Waals surface area contributed by atoms with E-state index < -0.39 is 0 Å². The third kappa shape index (κ3) is 3.42. The summed E-state index contributed by atoms with van der Waals surface area (Å²) >= 11 is 0. The number of methoxy groups -OCH3 is 2. The standard InChI is InChI=1S/C19H21N3O3/c1-11(2)18-21-14-7-6-13(10-15(14)22-18)20-19(23)12-5-8-16(24-3)17(9-12)25-4/h5-11H,1-4H3,(H,20,23)(H,21,22). The number of benzene rings is 2. The van der Waals surface area contributed by atoms with Crippen molar-refractivity contribution >= 4 is 22.6 Å². The summed E-state index contributed by atoms with van der Waals surface area (Å²) in [7, 11) is 3.10. The number of nitrogens with zero attached hydrogens (tertiary/aromatic N) is 1. The summed E-state index contributed by atoms with van der Waals surface area (Å²) in [6.07, 6.45) is 0. The second-order valence-electron chi connectivity index (χ2n) is 6.03. The number of H-pyrrole nitrogens is 1. The van der Waals surface area contributed by atoms with Gasteiger partial charge in [-0.1, -0.05) is 13.8 Å². The average molecular weight is 339 g/mol. The molecule has 0 aliphatic rings. The van der Waals surface area contributed by atoms with Crippen molar-refractivity contribution in [1.82, 2.24) is 9.97 Å². The van der Waals surface area contributed by atoms with Gasteiger partial charge in [0.15, 0.2) is 11.5 Å². The molecule has 0 saturated carbocycles. The van der Waals surface area contributed by atoms with Crippen LogP contribution in [0.2, 0.25) is 0 Å². The summed E-state index contributed by atoms with van der Waals surface area (Å²) in [6, 6.07) is 10.7. The zero-order chi connectivity index (χ0) is 18.0. The molecular weight excluding hydrogens is 318 g/mol. The van der Waals surface area contributed by atoms with E-state index in [1.165, 1.54) is 7.11 Å². The topological polar surface area (TPSA) is 76.2 Å². The van der Waals surface area contributed by atoms with E-state index in [1.54, 1.807) is 25.3 Å². The molecule has 1 aromatic heterocycles. The van der Waals surface area contributed by atoms with E-state index in [1.807, 2.05) is 18.2 Å². The highest BCUT2D eigenvalue weighted by Gasteiger charge is 2.12. The third-order valence-electron chi connectivity index (χ3n) is 3.95. The lowest BCUT2D eigenvalue weighted by Gasteiger charge is -2.10. The minimum atomic E-state index is -0.219. The molecule has 1 amide bonds. The minimum absolute atomic E-state index is 0.219. The molecule has 0 unspecified atom stereocenters. The molecule has 0 radical (unpaired) electrons. The van der Waals surface area contributed by atoms with E-state index in [0.29, 0.717) is 28.7 Å². The van der Waals surface area contributed by atoms with E-state index >= 15 is 0 Å². The highest BCUT2D eigenvalue weighted by molar-refractivity contribution is 6.05. The molecular formula is C19H21N3O3. The molecule has 0 saturated heterocycles. The molecule has 0 aliphatic heterocycles. The highest BCUT2D eigenvalue weighted by atomic mass is 16.5. The van der Waals surface area contributed by atoms with Crippen LogP contribution in [0.1, 0.15) is 35.9 Å². The Labute approximate surface area is 146 Å². The number of nitrogens with one attached hydrogen (secondary N) is 2. The summed E-state index contributed by atoms with van der Waals surface area (Å²) in [5.41, 5.74) is 2.97. The number of anilines is 1. The van der Waals surface area contributed by atoms with Gasteiger partial charge in [0.2, 0.25) is 0 Å². The van der Waals surface area contributed by atoms with Crippen LogP contribution in [-0.2, 0) is 0 Å². The maximum Gasteiger partial charge on any atom is 0.255 e. The Bertz CT molecular complexity index is 915. The van der Waals surface area contributed by atoms with E-state index in [0.717, 1.165) is 16.9 Å². The van der Waals surface area contributed by atoms with Crippen molar-refractivity contribution < 1.29 is 14.3 Å². The SMILES string of the molecule is COc1ccc(C(=O)Nc2ccc3nc(C(C)C)[nH]c3c2)cc1OC. The molecule has 25 heavy (non-hydrogen) atoms. The maximum atomic E-state index is 12.5. The molecule has 2 aromatic carbocycles. The predicted molar refractivity (Wildman–Crippen MR) is 97.7 cm³/mol. The summed E-state index contributed by atoms with van der Waals surface area (Å²) in [5.74, 6) is 2.12. The fourth-order valence-corrected chi connectivity index (χ4v) is 2.56. The molecule has 6 nitrogen and oxygen atoms in total. The van der Waals surface area contributed by atoms with Crippen LogP contribution in [0, 0.1) is 0 Å². The van der Waals surface area contributed by atoms with E-state index in [9.17, 15) is 4.79 Å². The van der Waals surface area contributed by atoms with Crippen LogP contribution in [0.4, 0.5) is 5.69 Å². The van der Waals surface area contributed by atoms with Gasteiger partial charge in [-0.25, -0.2) is 4.98 Å². The van der Waals surface area contributed by atoms with Gasteiger partial charge in [0.05, 0.1) is 25.3 Å². The van der Waals surface area contributed by atoms with Gasteiger partial charge in [0.25, 0.3) is 5.91 Å². The van der Waals surface area contributed by atoms with Gasteiger partial charge < -0.3 is 19.8 Å². The van der Waals surface area contributed by atoms with Crippen molar-refractivity contribution in [2.24, 2.45) is 0 Å². The number of carbonyl (C=O) groups is 1. The molecule has 6 heteroatoms. The van der Waals surface area contributed by atoms with Gasteiger partial charge in [-0.3, -0.25) is 4.79 Å². The maximum absolute atomic E-state index is 12.5. The van der Waals surface area contributed by atoms with Crippen LogP contribution in [0.15, 0.2) is 36.4 Å². The number of carbonyl (C=O) groups excluding carboxylic acids is 1. The van der Waals surface area contributed by atoms with Crippen molar-refractivity contribution in [2.75, 3.05) is 19.5 Å². The number of hydrogen-bond donors (Lipinski definition) is 2. The summed E-state index contributed by atoms with van der Waals surface area (Å²) in [4.78, 5) is 20.3. The Morgan fingerprint density at radius 3 is 2.52 bits per heavy atom. The Kier molecular flexibility index (Phi) is 4.61. The fourth-order valence-electron chi connectivity index (χ4n) is 2.56. The van der Waals surface area contributed by atoms with Crippen LogP contribution in [0.5, 0.6) is 11.5 Å². The molecule has 2 N–H and O–H groups in total. The lowest BCUT2D eigenvalue weighted by Crippen LogP contribution is -2.12. The zero-order valence-electron chi connectivity index (χ0n) is 14.7. The first-order valence-corrected chi connectivity index (χ1v) is 8.05. The van der Waals surface area contributed by atoms with Gasteiger partial charge in [0.1, 0.15) is 5.82 Å². The molecule has 1 heterocycles. The predicted octanol–water partition coefficient (Wildman–Crippen LogP) is 3.96. The average Bonchev–Trinajstić information content (AvgIpc) is 3.04. The van der Waals surface area contributed by atoms with Crippen molar-refractivity contribution in [3.05, 3.63) is 47.8 Å². The first kappa shape index (κ1) is 16.8. The first-order chi connectivity index (χ1) is 12.0. The van der Waals surface area contributed by atoms with Crippen molar-refractivity contribution in [2.45, 2.75) is 19.8 Å². The normalized spacial score (nSPS) is 10.9. The molecule has 0 spiro atoms. The number of aromatic amines is 1.